The molecule has 0 heterocycles. The van der Waals surface area contributed by atoms with Crippen molar-refractivity contribution in [2.45, 2.75) is 232 Å². The fraction of sp³-hybridized carbons (Fsp3) is 0.529. The molecule has 6 aromatic carbocycles. The van der Waals surface area contributed by atoms with Gasteiger partial charge in [0, 0.05) is 22.3 Å². The highest BCUT2D eigenvalue weighted by Gasteiger charge is 2.27. The van der Waals surface area contributed by atoms with Gasteiger partial charge in [0.05, 0.1) is 0 Å². The number of fused-ring (bicyclic) bond motifs is 2. The Morgan fingerprint density at radius 2 is 0.700 bits per heavy atom. The van der Waals surface area contributed by atoms with Crippen molar-refractivity contribution in [1.29, 1.82) is 0 Å². The number of aryl methyl sites for hydroxylation is 2. The zero-order chi connectivity index (χ0) is 48.9. The van der Waals surface area contributed by atoms with Crippen LogP contribution < -0.4 is 0 Å². The topological polar surface area (TPSA) is 40.5 Å². The Kier molecular flexibility index (Phi) is 25.4. The molecule has 6 rings (SSSR count). The lowest BCUT2D eigenvalue weighted by atomic mass is 9.81. The quantitative estimate of drug-likeness (QED) is 0.0382. The fourth-order valence-corrected chi connectivity index (χ4v) is 11.5. The zero-order valence-corrected chi connectivity index (χ0v) is 44.3. The Balaban J connectivity index is 1.19. The second kappa shape index (κ2) is 32.4. The van der Waals surface area contributed by atoms with Gasteiger partial charge in [-0.3, -0.25) is 0 Å². The molecule has 0 radical (unpaired) electrons. The summed E-state index contributed by atoms with van der Waals surface area (Å²) in [4.78, 5) is 0. The smallest absolute Gasteiger partial charge is 0.132 e. The molecule has 70 heavy (non-hydrogen) atoms. The number of benzene rings is 6. The Morgan fingerprint density at radius 1 is 0.314 bits per heavy atom. The average molecular weight is 943 g/mol. The van der Waals surface area contributed by atoms with Crippen LogP contribution >= 0.6 is 0 Å². The van der Waals surface area contributed by atoms with E-state index in [0.29, 0.717) is 5.56 Å². The van der Waals surface area contributed by atoms with Crippen molar-refractivity contribution in [3.63, 3.8) is 0 Å². The van der Waals surface area contributed by atoms with Crippen molar-refractivity contribution in [3.8, 4) is 44.9 Å². The Hall–Kier alpha value is -4.56. The molecule has 2 nitrogen and oxygen atoms in total. The summed E-state index contributed by atoms with van der Waals surface area (Å²) < 4.78 is 0. The lowest BCUT2D eigenvalue weighted by molar-refractivity contribution is 0.472. The van der Waals surface area contributed by atoms with E-state index in [0.717, 1.165) is 69.7 Å². The molecule has 0 aromatic heterocycles. The third-order valence-corrected chi connectivity index (χ3v) is 15.5. The molecule has 0 spiro atoms. The van der Waals surface area contributed by atoms with E-state index >= 15 is 0 Å². The van der Waals surface area contributed by atoms with Crippen molar-refractivity contribution in [3.05, 3.63) is 120 Å². The van der Waals surface area contributed by atoms with E-state index < -0.39 is 0 Å². The molecule has 0 aliphatic carbocycles. The number of phenols is 2. The summed E-state index contributed by atoms with van der Waals surface area (Å²) in [6, 6.07) is 38.1. The van der Waals surface area contributed by atoms with Crippen LogP contribution in [0, 0.1) is 0 Å². The summed E-state index contributed by atoms with van der Waals surface area (Å²) in [5.41, 5.74) is 7.80. The second-order valence-electron chi connectivity index (χ2n) is 21.1. The molecule has 0 saturated heterocycles. The predicted octanol–water partition coefficient (Wildman–Crippen LogP) is 22.0. The highest BCUT2D eigenvalue weighted by Crippen LogP contribution is 2.53. The maximum absolute atomic E-state index is 13.1. The summed E-state index contributed by atoms with van der Waals surface area (Å²) in [5, 5.41) is 30.0. The van der Waals surface area contributed by atoms with E-state index in [4.69, 9.17) is 0 Å². The molecule has 2 heteroatoms. The molecule has 0 aliphatic rings. The molecular weight excluding hydrogens is 849 g/mol. The molecule has 0 fully saturated rings. The van der Waals surface area contributed by atoms with Crippen LogP contribution in [0.25, 0.3) is 54.9 Å². The van der Waals surface area contributed by atoms with Gasteiger partial charge < -0.3 is 10.2 Å². The minimum absolute atomic E-state index is 0.217. The van der Waals surface area contributed by atoms with Gasteiger partial charge in [-0.1, -0.05) is 310 Å². The van der Waals surface area contributed by atoms with Gasteiger partial charge in [0.1, 0.15) is 11.5 Å². The van der Waals surface area contributed by atoms with Crippen molar-refractivity contribution < 1.29 is 10.2 Å². The summed E-state index contributed by atoms with van der Waals surface area (Å²) >= 11 is 0. The average Bonchev–Trinajstić information content (AvgIpc) is 3.39. The van der Waals surface area contributed by atoms with Crippen LogP contribution in [0.1, 0.15) is 230 Å². The van der Waals surface area contributed by atoms with Crippen LogP contribution in [0.3, 0.4) is 0 Å². The number of hydrogen-bond donors (Lipinski definition) is 2. The van der Waals surface area contributed by atoms with E-state index in [9.17, 15) is 10.2 Å². The number of unbranched alkanes of at least 4 members (excludes halogenated alkanes) is 30. The number of rotatable bonds is 37. The Labute approximate surface area is 427 Å². The lowest BCUT2D eigenvalue weighted by Gasteiger charge is -2.24. The highest BCUT2D eigenvalue weighted by atomic mass is 16.3. The Bertz CT molecular complexity index is 2340. The maximum atomic E-state index is 13.1. The van der Waals surface area contributed by atoms with Crippen LogP contribution in [-0.4, -0.2) is 10.2 Å². The number of aromatic hydroxyl groups is 2. The van der Waals surface area contributed by atoms with E-state index in [-0.39, 0.29) is 11.5 Å². The van der Waals surface area contributed by atoms with Crippen LogP contribution in [0.4, 0.5) is 0 Å². The molecule has 0 atom stereocenters. The first-order chi connectivity index (χ1) is 34.6. The normalized spacial score (nSPS) is 11.6. The molecule has 0 saturated carbocycles. The Morgan fingerprint density at radius 3 is 1.19 bits per heavy atom. The molecule has 0 bridgehead atoms. The highest BCUT2D eigenvalue weighted by molar-refractivity contribution is 6.15. The van der Waals surface area contributed by atoms with E-state index in [1.54, 1.807) is 0 Å². The van der Waals surface area contributed by atoms with Gasteiger partial charge in [0.2, 0.25) is 0 Å². The first kappa shape index (κ1) is 54.8. The van der Waals surface area contributed by atoms with Gasteiger partial charge in [-0.15, -0.1) is 0 Å². The van der Waals surface area contributed by atoms with Gasteiger partial charge in [-0.05, 0) is 75.5 Å². The number of phenolic OH excluding ortho intramolecular Hbond substituents is 2. The molecule has 378 valence electrons. The zero-order valence-electron chi connectivity index (χ0n) is 44.3. The van der Waals surface area contributed by atoms with E-state index in [1.165, 1.54) is 209 Å². The second-order valence-corrected chi connectivity index (χ2v) is 21.1. The number of hydrogen-bond acceptors (Lipinski definition) is 2. The summed E-state index contributed by atoms with van der Waals surface area (Å²) in [5.74, 6) is 0.490. The molecular formula is C68H94O2. The third kappa shape index (κ3) is 17.1. The van der Waals surface area contributed by atoms with Gasteiger partial charge >= 0.3 is 0 Å². The first-order valence-corrected chi connectivity index (χ1v) is 29.3. The third-order valence-electron chi connectivity index (χ3n) is 15.5. The van der Waals surface area contributed by atoms with Crippen LogP contribution in [0.2, 0.25) is 0 Å². The monoisotopic (exact) mass is 943 g/mol. The van der Waals surface area contributed by atoms with Crippen molar-refractivity contribution in [2.24, 2.45) is 0 Å². The summed E-state index contributed by atoms with van der Waals surface area (Å²) in [7, 11) is 0. The lowest BCUT2D eigenvalue weighted by Crippen LogP contribution is -2.01. The maximum Gasteiger partial charge on any atom is 0.132 e. The van der Waals surface area contributed by atoms with Crippen molar-refractivity contribution in [2.75, 3.05) is 0 Å². The standard InChI is InChI=1S/C68H94O2/c1-3-5-7-9-11-13-15-17-19-21-23-25-27-29-31-35-46-56-50-43-53-61-63(56)60(52-40-32-30-28-26-24-22-20-18-16-14-12-10-8-6-4-2)64(57-47-38-34-39-48-57)68(70)66(61)65-59-51-42-41-49-58(59)54-62(67(65)69)55-44-36-33-37-45-55/h33-34,36-39,41-45,47-51,53-54,69-70H,3-32,35,40,46,52H2,1-2H3. The summed E-state index contributed by atoms with van der Waals surface area (Å²) in [6.45, 7) is 4.60. The molecule has 2 N–H and O–H groups in total. The molecule has 0 amide bonds. The SMILES string of the molecule is CCCCCCCCCCCCCCCCCCc1cccc2c(-c3c(O)c(-c4ccccc4)cc4ccccc34)c(O)c(-c3ccccc3)c(CCCCCCCCCCCCCCCCCC)c12. The first-order valence-electron chi connectivity index (χ1n) is 29.3. The van der Waals surface area contributed by atoms with Crippen LogP contribution in [0.5, 0.6) is 11.5 Å². The predicted molar refractivity (Wildman–Crippen MR) is 308 cm³/mol. The largest absolute Gasteiger partial charge is 0.507 e. The minimum atomic E-state index is 0.217. The van der Waals surface area contributed by atoms with Crippen LogP contribution in [-0.2, 0) is 12.8 Å². The van der Waals surface area contributed by atoms with E-state index in [1.807, 2.05) is 18.2 Å². The minimum Gasteiger partial charge on any atom is -0.507 e. The molecule has 0 unspecified atom stereocenters. The van der Waals surface area contributed by atoms with Crippen molar-refractivity contribution in [1.82, 2.24) is 0 Å². The van der Waals surface area contributed by atoms with Gasteiger partial charge in [-0.2, -0.15) is 0 Å². The van der Waals surface area contributed by atoms with Gasteiger partial charge in [-0.25, -0.2) is 0 Å². The van der Waals surface area contributed by atoms with E-state index in [2.05, 4.69) is 105 Å². The fourth-order valence-electron chi connectivity index (χ4n) is 11.5. The van der Waals surface area contributed by atoms with Gasteiger partial charge in [0.15, 0.2) is 0 Å². The van der Waals surface area contributed by atoms with Gasteiger partial charge in [0.25, 0.3) is 0 Å². The summed E-state index contributed by atoms with van der Waals surface area (Å²) in [6.07, 6.45) is 45.4. The molecule has 6 aromatic rings. The molecule has 0 aliphatic heterocycles. The van der Waals surface area contributed by atoms with Crippen molar-refractivity contribution >= 4 is 21.5 Å². The van der Waals surface area contributed by atoms with Crippen LogP contribution in [0.15, 0.2) is 109 Å².